The summed E-state index contributed by atoms with van der Waals surface area (Å²) in [6.45, 7) is 1.99. The van der Waals surface area contributed by atoms with Gasteiger partial charge in [-0.25, -0.2) is 0 Å². The van der Waals surface area contributed by atoms with E-state index in [0.29, 0.717) is 11.3 Å². The number of halogens is 1. The molecule has 0 saturated heterocycles. The molecule has 0 radical (unpaired) electrons. The fourth-order valence-corrected chi connectivity index (χ4v) is 2.23. The Morgan fingerprint density at radius 3 is 2.84 bits per heavy atom. The van der Waals surface area contributed by atoms with Crippen molar-refractivity contribution in [1.29, 1.82) is 0 Å². The fraction of sp³-hybridized carbons (Fsp3) is 0.143. The third-order valence-corrected chi connectivity index (χ3v) is 3.28. The highest BCUT2D eigenvalue weighted by atomic mass is 79.9. The lowest BCUT2D eigenvalue weighted by Gasteiger charge is -2.10. The van der Waals surface area contributed by atoms with Crippen molar-refractivity contribution in [2.45, 2.75) is 6.92 Å². The topological polar surface area (TPSA) is 51.2 Å². The van der Waals surface area contributed by atoms with E-state index in [1.807, 2.05) is 25.1 Å². The molecule has 2 aromatic rings. The molecule has 1 aromatic carbocycles. The first-order chi connectivity index (χ1) is 9.11. The van der Waals surface area contributed by atoms with E-state index in [1.165, 1.54) is 13.3 Å². The highest BCUT2D eigenvalue weighted by molar-refractivity contribution is 9.10. The van der Waals surface area contributed by atoms with Crippen LogP contribution in [0.5, 0.6) is 5.75 Å². The van der Waals surface area contributed by atoms with Crippen molar-refractivity contribution < 1.29 is 9.53 Å². The van der Waals surface area contributed by atoms with Gasteiger partial charge in [0.1, 0.15) is 5.75 Å². The van der Waals surface area contributed by atoms with Crippen molar-refractivity contribution in [2.24, 2.45) is 0 Å². The first-order valence-corrected chi connectivity index (χ1v) is 6.46. The van der Waals surface area contributed by atoms with E-state index >= 15 is 0 Å². The lowest BCUT2D eigenvalue weighted by molar-refractivity contribution is 0.102. The second-order valence-electron chi connectivity index (χ2n) is 4.01. The van der Waals surface area contributed by atoms with Crippen LogP contribution in [0.3, 0.4) is 0 Å². The minimum atomic E-state index is -0.233. The van der Waals surface area contributed by atoms with Crippen LogP contribution in [-0.2, 0) is 0 Å². The molecule has 1 aromatic heterocycles. The van der Waals surface area contributed by atoms with Crippen LogP contribution in [0, 0.1) is 6.92 Å². The number of aromatic nitrogens is 1. The number of carbonyl (C=O) groups is 1. The average molecular weight is 321 g/mol. The Morgan fingerprint density at radius 2 is 2.16 bits per heavy atom. The molecule has 0 saturated carbocycles. The predicted molar refractivity (Wildman–Crippen MR) is 77.6 cm³/mol. The van der Waals surface area contributed by atoms with Crippen molar-refractivity contribution in [2.75, 3.05) is 12.4 Å². The van der Waals surface area contributed by atoms with Crippen LogP contribution >= 0.6 is 15.9 Å². The van der Waals surface area contributed by atoms with Crippen molar-refractivity contribution in [1.82, 2.24) is 4.98 Å². The summed E-state index contributed by atoms with van der Waals surface area (Å²) < 4.78 is 5.96. The van der Waals surface area contributed by atoms with Gasteiger partial charge in [0.15, 0.2) is 0 Å². The van der Waals surface area contributed by atoms with Crippen molar-refractivity contribution in [3.63, 3.8) is 0 Å². The van der Waals surface area contributed by atoms with E-state index in [9.17, 15) is 4.79 Å². The number of ether oxygens (including phenoxy) is 1. The number of hydrogen-bond acceptors (Lipinski definition) is 3. The van der Waals surface area contributed by atoms with Crippen LogP contribution in [0.15, 0.2) is 41.1 Å². The first-order valence-electron chi connectivity index (χ1n) is 5.67. The van der Waals surface area contributed by atoms with Crippen LogP contribution in [0.2, 0.25) is 0 Å². The summed E-state index contributed by atoms with van der Waals surface area (Å²) in [5, 5.41) is 2.83. The molecule has 5 heteroatoms. The van der Waals surface area contributed by atoms with E-state index in [-0.39, 0.29) is 5.91 Å². The van der Waals surface area contributed by atoms with Gasteiger partial charge >= 0.3 is 0 Å². The predicted octanol–water partition coefficient (Wildman–Crippen LogP) is 3.41. The molecule has 4 nitrogen and oxygen atoms in total. The van der Waals surface area contributed by atoms with Crippen LogP contribution in [-0.4, -0.2) is 18.0 Å². The minimum absolute atomic E-state index is 0.233. The van der Waals surface area contributed by atoms with Gasteiger partial charge in [0.2, 0.25) is 0 Å². The van der Waals surface area contributed by atoms with Crippen molar-refractivity contribution >= 4 is 27.5 Å². The summed E-state index contributed by atoms with van der Waals surface area (Å²) in [5.41, 5.74) is 2.28. The van der Waals surface area contributed by atoms with Gasteiger partial charge < -0.3 is 10.1 Å². The van der Waals surface area contributed by atoms with Crippen molar-refractivity contribution in [3.8, 4) is 5.75 Å². The highest BCUT2D eigenvalue weighted by Crippen LogP contribution is 2.25. The largest absolute Gasteiger partial charge is 0.494 e. The fourth-order valence-electron chi connectivity index (χ4n) is 1.64. The van der Waals surface area contributed by atoms with E-state index in [4.69, 9.17) is 4.74 Å². The molecule has 0 bridgehead atoms. The summed E-state index contributed by atoms with van der Waals surface area (Å²) >= 11 is 3.43. The molecule has 19 heavy (non-hydrogen) atoms. The number of nitrogens with zero attached hydrogens (tertiary/aromatic N) is 1. The first kappa shape index (κ1) is 13.5. The van der Waals surface area contributed by atoms with E-state index in [0.717, 1.165) is 15.7 Å². The molecule has 0 aliphatic carbocycles. The van der Waals surface area contributed by atoms with Gasteiger partial charge in [0, 0.05) is 10.7 Å². The van der Waals surface area contributed by atoms with E-state index < -0.39 is 0 Å². The Kier molecular flexibility index (Phi) is 4.16. The molecule has 1 N–H and O–H groups in total. The van der Waals surface area contributed by atoms with Gasteiger partial charge in [-0.2, -0.15) is 0 Å². The molecule has 2 rings (SSSR count). The third-order valence-electron chi connectivity index (χ3n) is 2.62. The zero-order valence-corrected chi connectivity index (χ0v) is 12.2. The molecule has 0 fully saturated rings. The number of hydrogen-bond donors (Lipinski definition) is 1. The average Bonchev–Trinajstić information content (AvgIpc) is 2.41. The smallest absolute Gasteiger partial charge is 0.259 e. The molecule has 0 aliphatic heterocycles. The van der Waals surface area contributed by atoms with Gasteiger partial charge in [-0.3, -0.25) is 9.78 Å². The number of benzene rings is 1. The summed E-state index contributed by atoms with van der Waals surface area (Å²) in [4.78, 5) is 16.1. The second kappa shape index (κ2) is 5.84. The van der Waals surface area contributed by atoms with Gasteiger partial charge in [0.25, 0.3) is 5.91 Å². The van der Waals surface area contributed by atoms with Crippen molar-refractivity contribution in [3.05, 3.63) is 52.3 Å². The van der Waals surface area contributed by atoms with Crippen LogP contribution in [0.4, 0.5) is 5.69 Å². The minimum Gasteiger partial charge on any atom is -0.494 e. The number of methoxy groups -OCH3 is 1. The SMILES string of the molecule is COc1cnccc1C(=O)Nc1ccc(C)cc1Br. The molecule has 98 valence electrons. The second-order valence-corrected chi connectivity index (χ2v) is 4.87. The molecule has 0 spiro atoms. The standard InChI is InChI=1S/C14H13BrN2O2/c1-9-3-4-12(11(15)7-9)17-14(18)10-5-6-16-8-13(10)19-2/h3-8H,1-2H3,(H,17,18). The number of rotatable bonds is 3. The quantitative estimate of drug-likeness (QED) is 0.942. The zero-order valence-electron chi connectivity index (χ0n) is 10.6. The number of aryl methyl sites for hydroxylation is 1. The maximum absolute atomic E-state index is 12.2. The van der Waals surface area contributed by atoms with Gasteiger partial charge in [-0.05, 0) is 46.6 Å². The molecule has 0 unspecified atom stereocenters. The molecule has 1 amide bonds. The Bertz CT molecular complexity index is 614. The number of amides is 1. The normalized spacial score (nSPS) is 10.1. The van der Waals surface area contributed by atoms with Crippen LogP contribution < -0.4 is 10.1 Å². The lowest BCUT2D eigenvalue weighted by Crippen LogP contribution is -2.13. The Morgan fingerprint density at radius 1 is 1.37 bits per heavy atom. The van der Waals surface area contributed by atoms with E-state index in [1.54, 1.807) is 12.3 Å². The van der Waals surface area contributed by atoms with Gasteiger partial charge in [-0.15, -0.1) is 0 Å². The molecular weight excluding hydrogens is 308 g/mol. The van der Waals surface area contributed by atoms with Crippen LogP contribution in [0.1, 0.15) is 15.9 Å². The summed E-state index contributed by atoms with van der Waals surface area (Å²) in [5.74, 6) is 0.215. The van der Waals surface area contributed by atoms with Gasteiger partial charge in [-0.1, -0.05) is 6.07 Å². The third kappa shape index (κ3) is 3.12. The lowest BCUT2D eigenvalue weighted by atomic mass is 10.2. The van der Waals surface area contributed by atoms with E-state index in [2.05, 4.69) is 26.2 Å². The highest BCUT2D eigenvalue weighted by Gasteiger charge is 2.13. The molecule has 0 atom stereocenters. The number of carbonyl (C=O) groups excluding carboxylic acids is 1. The number of anilines is 1. The summed E-state index contributed by atoms with van der Waals surface area (Å²) in [7, 11) is 1.51. The Hall–Kier alpha value is -1.88. The Labute approximate surface area is 119 Å². The molecule has 0 aliphatic rings. The molecular formula is C14H13BrN2O2. The number of pyridine rings is 1. The summed E-state index contributed by atoms with van der Waals surface area (Å²) in [6.07, 6.45) is 3.07. The molecule has 1 heterocycles. The van der Waals surface area contributed by atoms with Gasteiger partial charge in [0.05, 0.1) is 24.6 Å². The number of nitrogens with one attached hydrogen (secondary N) is 1. The zero-order chi connectivity index (χ0) is 13.8. The Balaban J connectivity index is 2.26. The monoisotopic (exact) mass is 320 g/mol. The summed E-state index contributed by atoms with van der Waals surface area (Å²) in [6, 6.07) is 7.35. The maximum atomic E-state index is 12.2. The van der Waals surface area contributed by atoms with Crippen LogP contribution in [0.25, 0.3) is 0 Å². The maximum Gasteiger partial charge on any atom is 0.259 e.